The molecule has 0 radical (unpaired) electrons. The highest BCUT2D eigenvalue weighted by Crippen LogP contribution is 2.38. The lowest BCUT2D eigenvalue weighted by Gasteiger charge is -2.30. The number of aromatic amines is 1. The Hall–Kier alpha value is -3.22. The first-order chi connectivity index (χ1) is 14.7. The summed E-state index contributed by atoms with van der Waals surface area (Å²) < 4.78 is 16.9. The number of benzene rings is 2. The molecule has 0 spiro atoms. The van der Waals surface area contributed by atoms with Crippen LogP contribution in [-0.4, -0.2) is 42.2 Å². The summed E-state index contributed by atoms with van der Waals surface area (Å²) in [6, 6.07) is 13.6. The van der Waals surface area contributed by atoms with Crippen LogP contribution < -0.4 is 19.5 Å². The summed E-state index contributed by atoms with van der Waals surface area (Å²) in [4.78, 5) is 20.1. The Bertz CT molecular complexity index is 976. The van der Waals surface area contributed by atoms with Crippen molar-refractivity contribution in [3.8, 4) is 17.2 Å². The third-order valence-corrected chi connectivity index (χ3v) is 5.47. The van der Waals surface area contributed by atoms with Crippen LogP contribution in [0.5, 0.6) is 17.2 Å². The first-order valence-corrected chi connectivity index (χ1v) is 10.3. The van der Waals surface area contributed by atoms with E-state index in [0.717, 1.165) is 36.7 Å². The predicted octanol–water partition coefficient (Wildman–Crippen LogP) is 3.63. The van der Waals surface area contributed by atoms with Crippen molar-refractivity contribution >= 4 is 16.9 Å². The van der Waals surface area contributed by atoms with Crippen LogP contribution in [0.4, 0.5) is 0 Å². The van der Waals surface area contributed by atoms with Crippen molar-refractivity contribution in [2.75, 3.05) is 14.2 Å². The van der Waals surface area contributed by atoms with Crippen molar-refractivity contribution in [1.82, 2.24) is 15.3 Å². The van der Waals surface area contributed by atoms with E-state index in [0.29, 0.717) is 23.1 Å². The van der Waals surface area contributed by atoms with Crippen molar-refractivity contribution in [3.05, 3.63) is 48.3 Å². The fourth-order valence-electron chi connectivity index (χ4n) is 3.98. The minimum Gasteiger partial charge on any atom is -0.493 e. The number of H-pyrrole nitrogens is 1. The molecule has 7 nitrogen and oxygen atoms in total. The second-order valence-corrected chi connectivity index (χ2v) is 7.53. The molecule has 158 valence electrons. The van der Waals surface area contributed by atoms with E-state index < -0.39 is 0 Å². The largest absolute Gasteiger partial charge is 0.493 e. The number of rotatable bonds is 7. The summed E-state index contributed by atoms with van der Waals surface area (Å²) in [7, 11) is 3.22. The monoisotopic (exact) mass is 409 g/mol. The lowest BCUT2D eigenvalue weighted by molar-refractivity contribution is -0.121. The van der Waals surface area contributed by atoms with Gasteiger partial charge in [-0.1, -0.05) is 18.2 Å². The number of carbonyl (C=O) groups is 1. The molecule has 1 heterocycles. The number of nitrogens with zero attached hydrogens (tertiary/aromatic N) is 1. The zero-order valence-electron chi connectivity index (χ0n) is 17.3. The van der Waals surface area contributed by atoms with Crippen LogP contribution in [0.2, 0.25) is 0 Å². The van der Waals surface area contributed by atoms with Gasteiger partial charge in [-0.3, -0.25) is 4.79 Å². The molecule has 0 saturated heterocycles. The highest BCUT2D eigenvalue weighted by atomic mass is 16.5. The normalized spacial score (nSPS) is 18.7. The molecule has 2 N–H and O–H groups in total. The zero-order valence-corrected chi connectivity index (χ0v) is 17.3. The first kappa shape index (κ1) is 20.1. The number of fused-ring (bicyclic) bond motifs is 1. The fraction of sp³-hybridized carbons (Fsp3) is 0.391. The van der Waals surface area contributed by atoms with Gasteiger partial charge < -0.3 is 24.5 Å². The van der Waals surface area contributed by atoms with Crippen molar-refractivity contribution in [2.24, 2.45) is 0 Å². The zero-order chi connectivity index (χ0) is 20.9. The number of para-hydroxylation sites is 3. The van der Waals surface area contributed by atoms with Gasteiger partial charge in [0.1, 0.15) is 5.82 Å². The SMILES string of the molecule is COc1cccc(OC2CCC(NC(=O)Cc3nc4ccccc4[nH]3)CC2)c1OC. The number of ether oxygens (including phenoxy) is 3. The molecular formula is C23H27N3O4. The van der Waals surface area contributed by atoms with Gasteiger partial charge in [0, 0.05) is 6.04 Å². The number of amides is 1. The maximum absolute atomic E-state index is 12.5. The maximum Gasteiger partial charge on any atom is 0.227 e. The lowest BCUT2D eigenvalue weighted by atomic mass is 9.92. The van der Waals surface area contributed by atoms with E-state index in [1.54, 1.807) is 14.2 Å². The summed E-state index contributed by atoms with van der Waals surface area (Å²) in [5.41, 5.74) is 1.83. The maximum atomic E-state index is 12.5. The smallest absolute Gasteiger partial charge is 0.227 e. The van der Waals surface area contributed by atoms with Crippen LogP contribution in [0.25, 0.3) is 11.0 Å². The molecule has 7 heteroatoms. The average Bonchev–Trinajstić information content (AvgIpc) is 3.17. The van der Waals surface area contributed by atoms with Crippen LogP contribution in [0.3, 0.4) is 0 Å². The molecule has 30 heavy (non-hydrogen) atoms. The second kappa shape index (κ2) is 9.07. The molecule has 1 aromatic heterocycles. The topological polar surface area (TPSA) is 85.5 Å². The standard InChI is InChI=1S/C23H27N3O4/c1-28-19-8-5-9-20(23(19)29-2)30-16-12-10-15(11-13-16)24-22(27)14-21-25-17-6-3-4-7-18(17)26-21/h3-9,15-16H,10-14H2,1-2H3,(H,24,27)(H,25,26). The third kappa shape index (κ3) is 4.50. The highest BCUT2D eigenvalue weighted by Gasteiger charge is 2.25. The van der Waals surface area contributed by atoms with E-state index >= 15 is 0 Å². The van der Waals surface area contributed by atoms with Gasteiger partial charge >= 0.3 is 0 Å². The molecule has 1 saturated carbocycles. The Morgan fingerprint density at radius 2 is 1.80 bits per heavy atom. The van der Waals surface area contributed by atoms with Gasteiger partial charge in [-0.25, -0.2) is 4.98 Å². The number of aromatic nitrogens is 2. The Morgan fingerprint density at radius 3 is 2.53 bits per heavy atom. The average molecular weight is 409 g/mol. The molecule has 3 aromatic rings. The quantitative estimate of drug-likeness (QED) is 0.622. The van der Waals surface area contributed by atoms with Gasteiger partial charge in [-0.15, -0.1) is 0 Å². The Morgan fingerprint density at radius 1 is 1.03 bits per heavy atom. The van der Waals surface area contributed by atoms with Crippen molar-refractivity contribution in [1.29, 1.82) is 0 Å². The van der Waals surface area contributed by atoms with Gasteiger partial charge in [-0.05, 0) is 49.9 Å². The molecule has 1 aliphatic carbocycles. The minimum atomic E-state index is -0.00658. The highest BCUT2D eigenvalue weighted by molar-refractivity contribution is 5.80. The molecule has 1 amide bonds. The summed E-state index contributed by atoms with van der Waals surface area (Å²) in [6.07, 6.45) is 3.85. The van der Waals surface area contributed by atoms with Crippen LogP contribution in [0, 0.1) is 0 Å². The van der Waals surface area contributed by atoms with Gasteiger partial charge in [0.2, 0.25) is 11.7 Å². The summed E-state index contributed by atoms with van der Waals surface area (Å²) in [5, 5.41) is 3.14. The molecule has 0 bridgehead atoms. The Labute approximate surface area is 175 Å². The summed E-state index contributed by atoms with van der Waals surface area (Å²) in [5.74, 6) is 2.64. The number of imidazole rings is 1. The van der Waals surface area contributed by atoms with Crippen LogP contribution in [0.15, 0.2) is 42.5 Å². The van der Waals surface area contributed by atoms with Gasteiger partial charge in [0.15, 0.2) is 11.5 Å². The minimum absolute atomic E-state index is 0.00658. The molecule has 0 atom stereocenters. The van der Waals surface area contributed by atoms with Gasteiger partial charge in [-0.2, -0.15) is 0 Å². The van der Waals surface area contributed by atoms with Crippen LogP contribution >= 0.6 is 0 Å². The molecular weight excluding hydrogens is 382 g/mol. The van der Waals surface area contributed by atoms with Gasteiger partial charge in [0.25, 0.3) is 0 Å². The fourth-order valence-corrected chi connectivity index (χ4v) is 3.98. The number of hydrogen-bond acceptors (Lipinski definition) is 5. The molecule has 1 fully saturated rings. The van der Waals surface area contributed by atoms with Crippen molar-refractivity contribution < 1.29 is 19.0 Å². The van der Waals surface area contributed by atoms with E-state index in [4.69, 9.17) is 14.2 Å². The summed E-state index contributed by atoms with van der Waals surface area (Å²) in [6.45, 7) is 0. The first-order valence-electron chi connectivity index (χ1n) is 10.3. The Kier molecular flexibility index (Phi) is 6.07. The van der Waals surface area contributed by atoms with Gasteiger partial charge in [0.05, 0.1) is 37.8 Å². The van der Waals surface area contributed by atoms with E-state index in [9.17, 15) is 4.79 Å². The number of carbonyl (C=O) groups excluding carboxylic acids is 1. The van der Waals surface area contributed by atoms with Crippen molar-refractivity contribution in [2.45, 2.75) is 44.2 Å². The Balaban J connectivity index is 1.28. The van der Waals surface area contributed by atoms with Crippen LogP contribution in [0.1, 0.15) is 31.5 Å². The van der Waals surface area contributed by atoms with E-state index in [1.165, 1.54) is 0 Å². The number of hydrogen-bond donors (Lipinski definition) is 2. The molecule has 4 rings (SSSR count). The summed E-state index contributed by atoms with van der Waals surface area (Å²) >= 11 is 0. The van der Waals surface area contributed by atoms with Crippen molar-refractivity contribution in [3.63, 3.8) is 0 Å². The van der Waals surface area contributed by atoms with E-state index in [2.05, 4.69) is 15.3 Å². The second-order valence-electron chi connectivity index (χ2n) is 7.53. The van der Waals surface area contributed by atoms with E-state index in [1.807, 2.05) is 42.5 Å². The number of nitrogens with one attached hydrogen (secondary N) is 2. The van der Waals surface area contributed by atoms with E-state index in [-0.39, 0.29) is 24.5 Å². The molecule has 1 aliphatic rings. The third-order valence-electron chi connectivity index (χ3n) is 5.47. The molecule has 0 unspecified atom stereocenters. The molecule has 2 aromatic carbocycles. The lowest BCUT2D eigenvalue weighted by Crippen LogP contribution is -2.40. The predicted molar refractivity (Wildman–Crippen MR) is 114 cm³/mol. The van der Waals surface area contributed by atoms with Crippen LogP contribution in [-0.2, 0) is 11.2 Å². The molecule has 0 aliphatic heterocycles. The number of methoxy groups -OCH3 is 2.